The second-order valence-electron chi connectivity index (χ2n) is 4.19. The Morgan fingerprint density at radius 2 is 1.62 bits per heavy atom. The van der Waals surface area contributed by atoms with Gasteiger partial charge in [0, 0.05) is 0 Å². The van der Waals surface area contributed by atoms with Crippen LogP contribution in [-0.4, -0.2) is 9.97 Å². The molecule has 3 rings (SSSR count). The van der Waals surface area contributed by atoms with Gasteiger partial charge in [-0.3, -0.25) is 0 Å². The first kappa shape index (κ1) is 14.4. The van der Waals surface area contributed by atoms with Crippen molar-refractivity contribution in [2.75, 3.05) is 0 Å². The molecule has 1 heterocycles. The zero-order valence-electron chi connectivity index (χ0n) is 10.2. The van der Waals surface area contributed by atoms with Gasteiger partial charge in [-0.15, -0.1) is 0 Å². The molecule has 0 fully saturated rings. The van der Waals surface area contributed by atoms with Gasteiger partial charge in [0.05, 0.1) is 21.0 Å². The molecule has 0 spiro atoms. The Morgan fingerprint density at radius 1 is 0.857 bits per heavy atom. The summed E-state index contributed by atoms with van der Waals surface area (Å²) in [5, 5.41) is 0.261. The topological polar surface area (TPSA) is 25.8 Å². The average molecular weight is 346 g/mol. The second-order valence-corrected chi connectivity index (χ2v) is 5.36. The van der Waals surface area contributed by atoms with Gasteiger partial charge in [0.1, 0.15) is 16.5 Å². The summed E-state index contributed by atoms with van der Waals surface area (Å²) in [4.78, 5) is 8.00. The fraction of sp³-hybridized carbons (Fsp3) is 0. The van der Waals surface area contributed by atoms with Crippen molar-refractivity contribution >= 4 is 45.7 Å². The zero-order chi connectivity index (χ0) is 15.1. The van der Waals surface area contributed by atoms with Crippen LogP contribution in [0.4, 0.5) is 8.78 Å². The Bertz CT molecular complexity index is 868. The van der Waals surface area contributed by atoms with Gasteiger partial charge in [-0.2, -0.15) is 0 Å². The molecule has 0 amide bonds. The van der Waals surface area contributed by atoms with Crippen LogP contribution in [0.1, 0.15) is 0 Å². The Balaban J connectivity index is 2.36. The first-order valence-corrected chi connectivity index (χ1v) is 6.88. The minimum Gasteiger partial charge on any atom is -0.225 e. The molecule has 1 aromatic heterocycles. The van der Waals surface area contributed by atoms with Crippen molar-refractivity contribution < 1.29 is 8.78 Å². The van der Waals surface area contributed by atoms with Crippen LogP contribution in [0.5, 0.6) is 0 Å². The molecule has 0 unspecified atom stereocenters. The number of hydrogen-bond acceptors (Lipinski definition) is 2. The monoisotopic (exact) mass is 344 g/mol. The lowest BCUT2D eigenvalue weighted by Gasteiger charge is -2.08. The molecular formula is C14H5Cl3F2N2. The quantitative estimate of drug-likeness (QED) is 0.542. The lowest BCUT2D eigenvalue weighted by atomic mass is 10.1. The van der Waals surface area contributed by atoms with E-state index in [1.54, 1.807) is 0 Å². The largest absolute Gasteiger partial charge is 0.225 e. The van der Waals surface area contributed by atoms with Gasteiger partial charge in [-0.25, -0.2) is 18.7 Å². The first-order valence-electron chi connectivity index (χ1n) is 5.74. The third kappa shape index (κ3) is 2.44. The van der Waals surface area contributed by atoms with Crippen LogP contribution in [-0.2, 0) is 0 Å². The molecule has 2 aromatic carbocycles. The van der Waals surface area contributed by atoms with Gasteiger partial charge in [0.25, 0.3) is 0 Å². The van der Waals surface area contributed by atoms with E-state index >= 15 is 0 Å². The smallest absolute Gasteiger partial charge is 0.164 e. The van der Waals surface area contributed by atoms with Gasteiger partial charge in [-0.1, -0.05) is 40.9 Å². The van der Waals surface area contributed by atoms with Crippen LogP contribution < -0.4 is 0 Å². The van der Waals surface area contributed by atoms with Crippen LogP contribution in [0, 0.1) is 11.6 Å². The molecule has 0 aliphatic heterocycles. The van der Waals surface area contributed by atoms with E-state index in [0.29, 0.717) is 0 Å². The maximum atomic E-state index is 14.0. The average Bonchev–Trinajstić information content (AvgIpc) is 2.45. The van der Waals surface area contributed by atoms with E-state index in [0.717, 1.165) is 6.07 Å². The van der Waals surface area contributed by atoms with E-state index in [1.165, 1.54) is 24.3 Å². The van der Waals surface area contributed by atoms with Crippen molar-refractivity contribution in [2.45, 2.75) is 0 Å². The van der Waals surface area contributed by atoms with Gasteiger partial charge in [-0.05, 0) is 24.3 Å². The molecule has 0 N–H and O–H groups in total. The van der Waals surface area contributed by atoms with Crippen LogP contribution >= 0.6 is 34.8 Å². The summed E-state index contributed by atoms with van der Waals surface area (Å²) in [7, 11) is 0. The highest BCUT2D eigenvalue weighted by molar-refractivity contribution is 6.41. The lowest BCUT2D eigenvalue weighted by molar-refractivity contribution is 0.629. The molecule has 0 aliphatic rings. The fourth-order valence-corrected chi connectivity index (χ4v) is 2.66. The molecule has 0 atom stereocenters. The Labute approximate surface area is 133 Å². The third-order valence-electron chi connectivity index (χ3n) is 2.90. The fourth-order valence-electron chi connectivity index (χ4n) is 1.92. The van der Waals surface area contributed by atoms with E-state index in [4.69, 9.17) is 34.8 Å². The minimum absolute atomic E-state index is 0.0330. The van der Waals surface area contributed by atoms with Gasteiger partial charge < -0.3 is 0 Å². The van der Waals surface area contributed by atoms with Crippen LogP contribution in [0.25, 0.3) is 22.3 Å². The van der Waals surface area contributed by atoms with E-state index < -0.39 is 11.6 Å². The van der Waals surface area contributed by atoms with Crippen molar-refractivity contribution in [2.24, 2.45) is 0 Å². The SMILES string of the molecule is Fc1c(Cl)cccc1-c1nc(Cl)c2c(Cl)ccc(F)c2n1. The summed E-state index contributed by atoms with van der Waals surface area (Å²) in [5.41, 5.74) is -0.0393. The van der Waals surface area contributed by atoms with E-state index in [2.05, 4.69) is 9.97 Å². The molecule has 0 bridgehead atoms. The highest BCUT2D eigenvalue weighted by atomic mass is 35.5. The van der Waals surface area contributed by atoms with Crippen molar-refractivity contribution in [3.05, 3.63) is 57.2 Å². The zero-order valence-corrected chi connectivity index (χ0v) is 12.4. The molecule has 0 radical (unpaired) electrons. The molecule has 7 heteroatoms. The lowest BCUT2D eigenvalue weighted by Crippen LogP contribution is -1.97. The second kappa shape index (κ2) is 5.37. The summed E-state index contributed by atoms with van der Waals surface area (Å²) >= 11 is 17.7. The standard InChI is InChI=1S/C14H5Cl3F2N2/c15-7-4-5-9(18)12-10(7)13(17)21-14(20-12)6-2-1-3-8(16)11(6)19/h1-5H. The summed E-state index contributed by atoms with van der Waals surface area (Å²) in [6, 6.07) is 6.87. The van der Waals surface area contributed by atoms with Crippen molar-refractivity contribution in [3.63, 3.8) is 0 Å². The van der Waals surface area contributed by atoms with Gasteiger partial charge in [0.15, 0.2) is 11.6 Å². The molecule has 0 saturated carbocycles. The number of benzene rings is 2. The minimum atomic E-state index is -0.697. The number of fused-ring (bicyclic) bond motifs is 1. The van der Waals surface area contributed by atoms with Crippen molar-refractivity contribution in [1.82, 2.24) is 9.97 Å². The Kier molecular flexibility index (Phi) is 3.69. The maximum Gasteiger partial charge on any atom is 0.164 e. The highest BCUT2D eigenvalue weighted by Gasteiger charge is 2.17. The normalized spacial score (nSPS) is 11.1. The molecule has 2 nitrogen and oxygen atoms in total. The van der Waals surface area contributed by atoms with Crippen LogP contribution in [0.2, 0.25) is 15.2 Å². The van der Waals surface area contributed by atoms with E-state index in [1.807, 2.05) is 0 Å². The number of aromatic nitrogens is 2. The van der Waals surface area contributed by atoms with E-state index in [-0.39, 0.29) is 37.5 Å². The van der Waals surface area contributed by atoms with Crippen molar-refractivity contribution in [1.29, 1.82) is 0 Å². The van der Waals surface area contributed by atoms with E-state index in [9.17, 15) is 8.78 Å². The predicted octanol–water partition coefficient (Wildman–Crippen LogP) is 5.54. The highest BCUT2D eigenvalue weighted by Crippen LogP contribution is 2.33. The molecule has 21 heavy (non-hydrogen) atoms. The molecule has 3 aromatic rings. The molecule has 106 valence electrons. The first-order chi connectivity index (χ1) is 9.99. The molecule has 0 aliphatic carbocycles. The number of hydrogen-bond donors (Lipinski definition) is 0. The third-order valence-corrected chi connectivity index (χ3v) is 3.78. The van der Waals surface area contributed by atoms with Crippen LogP contribution in [0.15, 0.2) is 30.3 Å². The predicted molar refractivity (Wildman–Crippen MR) is 79.9 cm³/mol. The van der Waals surface area contributed by atoms with Crippen molar-refractivity contribution in [3.8, 4) is 11.4 Å². The molecule has 0 saturated heterocycles. The van der Waals surface area contributed by atoms with Gasteiger partial charge in [0.2, 0.25) is 0 Å². The molecular weight excluding hydrogens is 341 g/mol. The van der Waals surface area contributed by atoms with Gasteiger partial charge >= 0.3 is 0 Å². The maximum absolute atomic E-state index is 14.0. The van der Waals surface area contributed by atoms with Crippen LogP contribution in [0.3, 0.4) is 0 Å². The summed E-state index contributed by atoms with van der Waals surface area (Å²) in [6.45, 7) is 0. The number of rotatable bonds is 1. The summed E-state index contributed by atoms with van der Waals surface area (Å²) in [5.74, 6) is -1.38. The number of halogens is 5. The summed E-state index contributed by atoms with van der Waals surface area (Å²) in [6.07, 6.45) is 0. The summed E-state index contributed by atoms with van der Waals surface area (Å²) < 4.78 is 27.9. The Hall–Kier alpha value is -1.49. The number of nitrogens with zero attached hydrogens (tertiary/aromatic N) is 2. The Morgan fingerprint density at radius 3 is 2.38 bits per heavy atom.